The number of hydrogen-bond acceptors (Lipinski definition) is 6. The molecule has 0 bridgehead atoms. The number of nitrogens with one attached hydrogen (secondary N) is 1. The molecular weight excluding hydrogens is 373 g/mol. The summed E-state index contributed by atoms with van der Waals surface area (Å²) in [4.78, 5) is 30.5. The molecular formula is C17H16LiN7O2S. The first kappa shape index (κ1) is 19.9. The maximum Gasteiger partial charge on any atom is 1.00 e. The van der Waals surface area contributed by atoms with Crippen LogP contribution in [0, 0.1) is 6.92 Å². The van der Waals surface area contributed by atoms with Crippen molar-refractivity contribution in [3.8, 4) is 0 Å². The Balaban J connectivity index is 0.00000225. The second kappa shape index (κ2) is 8.06. The summed E-state index contributed by atoms with van der Waals surface area (Å²) in [6.07, 6.45) is 0. The van der Waals surface area contributed by atoms with Gasteiger partial charge >= 0.3 is 24.9 Å². The number of thiophene rings is 1. The van der Waals surface area contributed by atoms with Crippen LogP contribution in [0.5, 0.6) is 0 Å². The summed E-state index contributed by atoms with van der Waals surface area (Å²) < 4.78 is 1.06. The van der Waals surface area contributed by atoms with Crippen molar-refractivity contribution in [1.29, 1.82) is 0 Å². The second-order valence-electron chi connectivity index (χ2n) is 5.93. The van der Waals surface area contributed by atoms with Crippen molar-refractivity contribution in [2.24, 2.45) is 0 Å². The van der Waals surface area contributed by atoms with Gasteiger partial charge in [-0.3, -0.25) is 14.8 Å². The van der Waals surface area contributed by atoms with Crippen LogP contribution in [0.15, 0.2) is 35.7 Å². The molecule has 0 atom stereocenters. The molecule has 138 valence electrons. The average molecular weight is 389 g/mol. The Bertz CT molecular complexity index is 1010. The number of nitrogen functional groups attached to an aromatic ring is 1. The first-order chi connectivity index (χ1) is 13.0. The number of aromatic nitrogens is 3. The van der Waals surface area contributed by atoms with Crippen molar-refractivity contribution < 1.29 is 28.4 Å². The van der Waals surface area contributed by atoms with E-state index < -0.39 is 0 Å². The third-order valence-electron chi connectivity index (χ3n) is 4.12. The van der Waals surface area contributed by atoms with E-state index in [1.807, 2.05) is 18.4 Å². The third kappa shape index (κ3) is 3.75. The van der Waals surface area contributed by atoms with Crippen molar-refractivity contribution >= 4 is 46.5 Å². The van der Waals surface area contributed by atoms with Crippen molar-refractivity contribution in [3.05, 3.63) is 51.5 Å². The molecule has 1 aromatic carbocycles. The fourth-order valence-electron chi connectivity index (χ4n) is 2.74. The zero-order valence-electron chi connectivity index (χ0n) is 15.4. The first-order valence-corrected chi connectivity index (χ1v) is 9.09. The molecule has 3 aromatic rings. The summed E-state index contributed by atoms with van der Waals surface area (Å²) in [5.74, 6) is -0.247. The number of amides is 2. The number of benzene rings is 1. The van der Waals surface area contributed by atoms with E-state index in [1.165, 1.54) is 11.3 Å². The smallest absolute Gasteiger partial charge is 0.382 e. The average Bonchev–Trinajstić information content (AvgIpc) is 3.36. The van der Waals surface area contributed by atoms with Gasteiger partial charge < -0.3 is 21.4 Å². The Morgan fingerprint density at radius 2 is 2.04 bits per heavy atom. The van der Waals surface area contributed by atoms with E-state index in [-0.39, 0.29) is 42.7 Å². The molecule has 28 heavy (non-hydrogen) atoms. The standard InChI is InChI=1S/C17H17N7O2S.Li/c1-10-6-9-27-13(10)14(25)24-15(18)21-16(22-24)20-11-2-4-12(5-3-11)23-8-7-19-17(23)26;/h2-6,9H,7-8H2,1H3,(H4,18,19,20,21,22,26);/q;+1/p-1. The van der Waals surface area contributed by atoms with Gasteiger partial charge in [0, 0.05) is 24.7 Å². The van der Waals surface area contributed by atoms with Gasteiger partial charge in [0.15, 0.2) is 0 Å². The Morgan fingerprint density at radius 3 is 2.64 bits per heavy atom. The molecule has 9 nitrogen and oxygen atoms in total. The Morgan fingerprint density at radius 1 is 1.29 bits per heavy atom. The first-order valence-electron chi connectivity index (χ1n) is 8.21. The molecule has 11 heteroatoms. The van der Waals surface area contributed by atoms with Gasteiger partial charge in [0.1, 0.15) is 5.95 Å². The molecule has 1 aliphatic rings. The predicted molar refractivity (Wildman–Crippen MR) is 103 cm³/mol. The fraction of sp³-hybridized carbons (Fsp3) is 0.176. The van der Waals surface area contributed by atoms with E-state index >= 15 is 0 Å². The van der Waals surface area contributed by atoms with Crippen LogP contribution < -0.4 is 34.8 Å². The van der Waals surface area contributed by atoms with Gasteiger partial charge in [-0.05, 0) is 41.8 Å². The summed E-state index contributed by atoms with van der Waals surface area (Å²) in [6.45, 7) is 3.11. The molecule has 2 amide bonds. The van der Waals surface area contributed by atoms with Gasteiger partial charge in [-0.2, -0.15) is 0 Å². The summed E-state index contributed by atoms with van der Waals surface area (Å²) in [6, 6.07) is 8.84. The largest absolute Gasteiger partial charge is 1.00 e. The number of rotatable bonds is 4. The SMILES string of the molecule is Cc1ccsc1C(=O)n1nc([N-]c2ccc(N3CCNC3=O)cc2)nc1N.[Li+]. The van der Waals surface area contributed by atoms with Crippen molar-refractivity contribution in [2.45, 2.75) is 6.92 Å². The normalized spacial score (nSPS) is 13.2. The molecule has 0 unspecified atom stereocenters. The molecule has 4 rings (SSSR count). The van der Waals surface area contributed by atoms with Crippen LogP contribution in [0.1, 0.15) is 15.2 Å². The number of hydrogen-bond donors (Lipinski definition) is 2. The third-order valence-corrected chi connectivity index (χ3v) is 5.12. The van der Waals surface area contributed by atoms with E-state index in [0.717, 1.165) is 15.9 Å². The maximum absolute atomic E-state index is 12.5. The molecule has 3 N–H and O–H groups in total. The number of carbonyl (C=O) groups excluding carboxylic acids is 2. The van der Waals surface area contributed by atoms with E-state index in [2.05, 4.69) is 20.7 Å². The van der Waals surface area contributed by atoms with Gasteiger partial charge in [0.25, 0.3) is 5.91 Å². The molecule has 0 spiro atoms. The summed E-state index contributed by atoms with van der Waals surface area (Å²) >= 11 is 1.33. The van der Waals surface area contributed by atoms with Gasteiger partial charge in [-0.1, -0.05) is 12.1 Å². The Labute approximate surface area is 177 Å². The van der Waals surface area contributed by atoms with Crippen molar-refractivity contribution in [2.75, 3.05) is 23.7 Å². The van der Waals surface area contributed by atoms with Crippen molar-refractivity contribution in [1.82, 2.24) is 20.1 Å². The second-order valence-corrected chi connectivity index (χ2v) is 6.85. The van der Waals surface area contributed by atoms with E-state index in [1.54, 1.807) is 29.2 Å². The zero-order valence-corrected chi connectivity index (χ0v) is 16.2. The summed E-state index contributed by atoms with van der Waals surface area (Å²) in [7, 11) is 0. The molecule has 0 saturated carbocycles. The van der Waals surface area contributed by atoms with E-state index in [0.29, 0.717) is 23.7 Å². The van der Waals surface area contributed by atoms with Crippen LogP contribution in [0.2, 0.25) is 0 Å². The van der Waals surface area contributed by atoms with E-state index in [4.69, 9.17) is 5.73 Å². The maximum atomic E-state index is 12.5. The van der Waals surface area contributed by atoms with Crippen LogP contribution >= 0.6 is 11.3 Å². The van der Waals surface area contributed by atoms with Gasteiger partial charge in [0.05, 0.1) is 4.88 Å². The summed E-state index contributed by atoms with van der Waals surface area (Å²) in [5.41, 5.74) is 8.07. The molecule has 2 aromatic heterocycles. The van der Waals surface area contributed by atoms with Gasteiger partial charge in [0.2, 0.25) is 0 Å². The number of carbonyl (C=O) groups is 2. The Kier molecular flexibility index (Phi) is 5.74. The molecule has 1 saturated heterocycles. The topological polar surface area (TPSA) is 120 Å². The Hall–Kier alpha value is -2.80. The zero-order chi connectivity index (χ0) is 19.0. The van der Waals surface area contributed by atoms with Gasteiger partial charge in [-0.15, -0.1) is 11.3 Å². The molecule has 0 aliphatic carbocycles. The monoisotopic (exact) mass is 389 g/mol. The molecule has 3 heterocycles. The van der Waals surface area contributed by atoms with Crippen LogP contribution in [-0.2, 0) is 0 Å². The minimum atomic E-state index is -0.329. The van der Waals surface area contributed by atoms with Crippen molar-refractivity contribution in [3.63, 3.8) is 0 Å². The minimum Gasteiger partial charge on any atom is -0.382 e. The number of nitrogens with two attached hydrogens (primary N) is 1. The summed E-state index contributed by atoms with van der Waals surface area (Å²) in [5, 5.41) is 13.0. The number of aryl methyl sites for hydroxylation is 1. The molecule has 1 aliphatic heterocycles. The van der Waals surface area contributed by atoms with Gasteiger partial charge in [-0.25, -0.2) is 9.48 Å². The van der Waals surface area contributed by atoms with Crippen LogP contribution in [0.3, 0.4) is 0 Å². The number of nitrogens with zero attached hydrogens (tertiary/aromatic N) is 5. The van der Waals surface area contributed by atoms with Crippen LogP contribution in [0.25, 0.3) is 5.32 Å². The molecule has 1 fully saturated rings. The molecule has 0 radical (unpaired) electrons. The van der Waals surface area contributed by atoms with Crippen LogP contribution in [0.4, 0.5) is 28.1 Å². The fourth-order valence-corrected chi connectivity index (χ4v) is 3.59. The number of urea groups is 1. The van der Waals surface area contributed by atoms with E-state index in [9.17, 15) is 9.59 Å². The minimum absolute atomic E-state index is 0. The quantitative estimate of drug-likeness (QED) is 0.598. The number of anilines is 2. The predicted octanol–water partition coefficient (Wildman–Crippen LogP) is -0.211. The van der Waals surface area contributed by atoms with Crippen LogP contribution in [-0.4, -0.2) is 39.8 Å².